The van der Waals surface area contributed by atoms with Crippen molar-refractivity contribution in [1.29, 1.82) is 0 Å². The van der Waals surface area contributed by atoms with Crippen LogP contribution in [-0.4, -0.2) is 180 Å². The number of hydrogen-bond donors (Lipinski definition) is 3. The van der Waals surface area contributed by atoms with Crippen molar-refractivity contribution >= 4 is 145 Å². The van der Waals surface area contributed by atoms with E-state index in [-0.39, 0.29) is 49.4 Å². The molecule has 135 heavy (non-hydrogen) atoms. The largest absolute Gasteiger partial charge is 0.460 e. The molecule has 698 valence electrons. The van der Waals surface area contributed by atoms with E-state index in [1.165, 1.54) is 41.8 Å². The first kappa shape index (κ1) is 96.6. The molecule has 0 unspecified atom stereocenters. The number of ether oxygens (including phenoxy) is 2. The fourth-order valence-corrected chi connectivity index (χ4v) is 22.2. The SMILES string of the molecule is Cc1sc2c(c1C)C(c1ccc(Cl)cc1)=N[C@@H](CC(=O)NCCC1=CN=CC1)c1nnc(C)n1-2.Cc1sc2c(c1C)C(c1ccc(Cl)cc1)=N[C@@H](CC(=O)NCCN1CCOCC1)c1nnc(C)n1-2.Cc1sc2c(c1C)C(c1ccc(Cl)cc1)=N[C@@H](CC(=O)NCCc1cccnc1)c1nnc(C)n1-2.Cc1sc2c(c1C)C(c1ccc(Cl)cc1)=N[C@@H](CC(=O)OC(C)(C)C)c1nnc(C)n1-2. The van der Waals surface area contributed by atoms with Crippen LogP contribution in [0.4, 0.5) is 0 Å². The van der Waals surface area contributed by atoms with Crippen molar-refractivity contribution in [2.45, 2.75) is 179 Å². The maximum atomic E-state index is 13.0. The van der Waals surface area contributed by atoms with E-state index in [0.29, 0.717) is 69.4 Å². The molecule has 6 aliphatic rings. The molecule has 6 aliphatic heterocycles. The Bertz CT molecular complexity index is 6820. The van der Waals surface area contributed by atoms with E-state index in [2.05, 4.69) is 141 Å². The molecule has 13 aromatic rings. The average molecular weight is 1970 g/mol. The number of amides is 3. The van der Waals surface area contributed by atoms with E-state index < -0.39 is 29.8 Å². The third kappa shape index (κ3) is 21.6. The minimum Gasteiger partial charge on any atom is -0.460 e. The Morgan fingerprint density at radius 3 is 1.07 bits per heavy atom. The molecule has 36 heteroatoms. The number of rotatable bonds is 21. The van der Waals surface area contributed by atoms with Crippen LogP contribution >= 0.6 is 91.8 Å². The Morgan fingerprint density at radius 1 is 0.430 bits per heavy atom. The number of morpholine rings is 1. The average Bonchev–Trinajstić information content (AvgIpc) is 1.61. The number of halogens is 4. The van der Waals surface area contributed by atoms with Gasteiger partial charge in [-0.1, -0.05) is 101 Å². The summed E-state index contributed by atoms with van der Waals surface area (Å²) in [5, 5.41) is 51.1. The summed E-state index contributed by atoms with van der Waals surface area (Å²) in [7, 11) is 0. The second-order valence-electron chi connectivity index (χ2n) is 34.7. The van der Waals surface area contributed by atoms with Gasteiger partial charge in [0.15, 0.2) is 23.3 Å². The molecule has 28 nitrogen and oxygen atoms in total. The predicted octanol–water partition coefficient (Wildman–Crippen LogP) is 19.2. The first-order valence-electron chi connectivity index (χ1n) is 44.7. The summed E-state index contributed by atoms with van der Waals surface area (Å²) in [4.78, 5) is 87.5. The molecule has 0 radical (unpaired) electrons. The molecule has 9 aromatic heterocycles. The molecule has 19 rings (SSSR count). The van der Waals surface area contributed by atoms with Gasteiger partial charge in [0.1, 0.15) is 73.1 Å². The fourth-order valence-electron chi connectivity index (χ4n) is 16.8. The van der Waals surface area contributed by atoms with Gasteiger partial charge < -0.3 is 25.4 Å². The van der Waals surface area contributed by atoms with Gasteiger partial charge in [-0.15, -0.1) is 86.1 Å². The highest BCUT2D eigenvalue weighted by Gasteiger charge is 2.39. The summed E-state index contributed by atoms with van der Waals surface area (Å²) in [6, 6.07) is 32.7. The zero-order valence-electron chi connectivity index (χ0n) is 77.7. The Morgan fingerprint density at radius 2 is 0.756 bits per heavy atom. The maximum absolute atomic E-state index is 13.0. The summed E-state index contributed by atoms with van der Waals surface area (Å²) in [6.45, 7) is 36.0. The van der Waals surface area contributed by atoms with Gasteiger partial charge in [0.25, 0.3) is 0 Å². The van der Waals surface area contributed by atoms with Gasteiger partial charge >= 0.3 is 5.97 Å². The smallest absolute Gasteiger partial charge is 0.308 e. The molecule has 3 N–H and O–H groups in total. The standard InChI is InChI=1S/C26H25ClN6OS.C25H29ClN6O2S.C25H25ClN6OS.C23H25ClN4O2S/c1-15-16(2)35-26-23(15)24(19-6-8-20(27)9-7-19)30-21(25-32-31-17(3)33(25)26)13-22(34)29-12-10-18-5-4-11-28-14-18;1-15-16(2)35-25-22(15)23(18-4-6-19(26)7-5-18)28-20(24-30-29-17(3)32(24)25)14-21(33)27-8-9-31-10-12-34-13-11-31;1-14-15(2)34-25-22(14)23(18-4-6-19(26)7-5-18)29-20(24-31-30-16(3)32(24)25)12-21(33)28-11-9-17-8-10-27-13-17;1-12-13(2)31-22-19(12)20(15-7-9-16(24)10-8-15)25-17(11-18(29)30-23(4,5)6)21-27-26-14(3)28(21)22/h4-9,11,14,21H,10,12-13H2,1-3H3,(H,29,34);4-7,20H,8-14H2,1-3H3,(H,27,33);4-7,10,13,20H,8-9,11-12H2,1-3H3,(H,28,33);7-10,17H,11H2,1-6H3/t21-;2*20-;17-/m0000/s1. The molecule has 4 aromatic carbocycles. The minimum absolute atomic E-state index is 0.0483. The van der Waals surface area contributed by atoms with Crippen LogP contribution in [0.25, 0.3) is 20.0 Å². The lowest BCUT2D eigenvalue weighted by Gasteiger charge is -2.26. The number of nitrogens with zero attached hydrogens (tertiary/aromatic N) is 19. The van der Waals surface area contributed by atoms with E-state index in [9.17, 15) is 19.2 Å². The molecule has 0 saturated carbocycles. The summed E-state index contributed by atoms with van der Waals surface area (Å²) < 4.78 is 19.2. The normalized spacial score (nSPS) is 16.2. The van der Waals surface area contributed by atoms with Gasteiger partial charge in [0.2, 0.25) is 17.7 Å². The molecule has 0 aliphatic carbocycles. The van der Waals surface area contributed by atoms with Crippen molar-refractivity contribution in [3.63, 3.8) is 0 Å². The summed E-state index contributed by atoms with van der Waals surface area (Å²) >= 11 is 31.4. The van der Waals surface area contributed by atoms with Crippen molar-refractivity contribution in [1.82, 2.24) is 84.9 Å². The van der Waals surface area contributed by atoms with E-state index in [1.807, 2.05) is 181 Å². The lowest BCUT2D eigenvalue weighted by molar-refractivity contribution is -0.155. The number of carbonyl (C=O) groups excluding carboxylic acids is 4. The molecule has 0 spiro atoms. The van der Waals surface area contributed by atoms with Crippen molar-refractivity contribution in [2.24, 2.45) is 25.0 Å². The second kappa shape index (κ2) is 42.0. The lowest BCUT2D eigenvalue weighted by atomic mass is 9.99. The van der Waals surface area contributed by atoms with Crippen molar-refractivity contribution in [2.75, 3.05) is 52.5 Å². The van der Waals surface area contributed by atoms with Gasteiger partial charge in [-0.25, -0.2) is 0 Å². The quantitative estimate of drug-likeness (QED) is 0.0563. The monoisotopic (exact) mass is 1960 g/mol. The van der Waals surface area contributed by atoms with E-state index in [4.69, 9.17) is 75.8 Å². The highest BCUT2D eigenvalue weighted by Crippen LogP contribution is 2.46. The molecule has 1 fully saturated rings. The van der Waals surface area contributed by atoms with Crippen molar-refractivity contribution in [3.8, 4) is 20.0 Å². The summed E-state index contributed by atoms with van der Waals surface area (Å²) in [5.41, 5.74) is 17.8. The number of nitrogens with one attached hydrogen (secondary N) is 3. The van der Waals surface area contributed by atoms with Gasteiger partial charge in [-0.2, -0.15) is 0 Å². The van der Waals surface area contributed by atoms with Crippen LogP contribution in [-0.2, 0) is 35.1 Å². The zero-order valence-corrected chi connectivity index (χ0v) is 84.0. The predicted molar refractivity (Wildman–Crippen MR) is 537 cm³/mol. The van der Waals surface area contributed by atoms with Crippen LogP contribution in [0.2, 0.25) is 20.1 Å². The number of aliphatic imine (C=N–C) groups is 5. The first-order chi connectivity index (χ1) is 64.8. The molecule has 3 amide bonds. The molecule has 15 heterocycles. The molecular weight excluding hydrogens is 1860 g/mol. The number of esters is 1. The highest BCUT2D eigenvalue weighted by atomic mass is 35.5. The van der Waals surface area contributed by atoms with Crippen LogP contribution in [0.3, 0.4) is 0 Å². The topological polar surface area (TPSA) is 324 Å². The van der Waals surface area contributed by atoms with Gasteiger partial charge in [0.05, 0.1) is 61.7 Å². The van der Waals surface area contributed by atoms with Crippen molar-refractivity contribution in [3.05, 3.63) is 292 Å². The van der Waals surface area contributed by atoms with Crippen LogP contribution < -0.4 is 16.0 Å². The molecule has 1 saturated heterocycles. The van der Waals surface area contributed by atoms with Crippen LogP contribution in [0.5, 0.6) is 0 Å². The molecular formula is C99H104Cl4N22O6S4. The number of aromatic nitrogens is 13. The lowest BCUT2D eigenvalue weighted by Crippen LogP contribution is -2.41. The Hall–Kier alpha value is -11.6. The summed E-state index contributed by atoms with van der Waals surface area (Å²) in [5.74, 6) is 5.30. The number of aryl methyl sites for hydroxylation is 8. The van der Waals surface area contributed by atoms with Crippen LogP contribution in [0.15, 0.2) is 158 Å². The number of fused-ring (bicyclic) bond motifs is 12. The third-order valence-corrected chi connectivity index (χ3v) is 29.9. The Balaban J connectivity index is 0.000000131. The number of thiophene rings is 4. The Kier molecular flexibility index (Phi) is 30.0. The number of pyridine rings is 1. The fraction of sp³-hybridized carbons (Fsp3) is 0.354. The number of benzene rings is 4. The van der Waals surface area contributed by atoms with Gasteiger partial charge in [0, 0.05) is 155 Å². The summed E-state index contributed by atoms with van der Waals surface area (Å²) in [6.07, 6.45) is 10.3. The Labute approximate surface area is 819 Å². The first-order valence-corrected chi connectivity index (χ1v) is 49.4. The second-order valence-corrected chi connectivity index (χ2v) is 41.3. The molecule has 4 atom stereocenters. The van der Waals surface area contributed by atoms with E-state index in [1.54, 1.807) is 51.5 Å². The highest BCUT2D eigenvalue weighted by molar-refractivity contribution is 7.16. The zero-order chi connectivity index (χ0) is 95.4. The van der Waals surface area contributed by atoms with E-state index in [0.717, 1.165) is 167 Å². The van der Waals surface area contributed by atoms with Gasteiger partial charge in [-0.05, 0) is 205 Å². The number of hydrogen-bond acceptors (Lipinski definition) is 25. The number of carbonyl (C=O) groups is 4. The van der Waals surface area contributed by atoms with Crippen LogP contribution in [0.1, 0.15) is 222 Å². The minimum atomic E-state index is -0.569. The molecule has 0 bridgehead atoms. The maximum Gasteiger partial charge on any atom is 0.308 e. The van der Waals surface area contributed by atoms with Gasteiger partial charge in [-0.3, -0.25) is 72.3 Å². The van der Waals surface area contributed by atoms with E-state index >= 15 is 0 Å². The van der Waals surface area contributed by atoms with Crippen molar-refractivity contribution < 1.29 is 28.7 Å². The van der Waals surface area contributed by atoms with Crippen LogP contribution in [0, 0.1) is 83.1 Å². The third-order valence-electron chi connectivity index (χ3n) is 24.1.